The minimum atomic E-state index is -4.07. The number of nitrogens with zero attached hydrogens (tertiary/aromatic N) is 1. The molecule has 0 bridgehead atoms. The van der Waals surface area contributed by atoms with Gasteiger partial charge in [0.25, 0.3) is 10.0 Å². The molecule has 0 radical (unpaired) electrons. The van der Waals surface area contributed by atoms with Crippen molar-refractivity contribution >= 4 is 38.9 Å². The van der Waals surface area contributed by atoms with E-state index in [1.807, 2.05) is 19.1 Å². The van der Waals surface area contributed by atoms with E-state index in [2.05, 4.69) is 5.32 Å². The molecule has 0 aromatic heterocycles. The molecule has 3 rings (SSSR count). The van der Waals surface area contributed by atoms with Gasteiger partial charge >= 0.3 is 0 Å². The van der Waals surface area contributed by atoms with Crippen LogP contribution in [-0.2, 0) is 14.8 Å². The van der Waals surface area contributed by atoms with Gasteiger partial charge in [-0.15, -0.1) is 0 Å². The van der Waals surface area contributed by atoms with Crippen LogP contribution >= 0.6 is 11.6 Å². The highest BCUT2D eigenvalue weighted by atomic mass is 35.5. The molecule has 0 unspecified atom stereocenters. The van der Waals surface area contributed by atoms with Crippen LogP contribution in [0.3, 0.4) is 0 Å². The van der Waals surface area contributed by atoms with Crippen LogP contribution in [0.2, 0.25) is 5.02 Å². The number of carbonyl (C=O) groups is 1. The summed E-state index contributed by atoms with van der Waals surface area (Å²) in [6, 6.07) is 19.8. The van der Waals surface area contributed by atoms with Gasteiger partial charge in [0.2, 0.25) is 5.91 Å². The molecule has 0 aliphatic heterocycles. The number of hydrogen-bond acceptors (Lipinski definition) is 4. The van der Waals surface area contributed by atoms with Gasteiger partial charge in [0, 0.05) is 10.7 Å². The summed E-state index contributed by atoms with van der Waals surface area (Å²) in [5.74, 6) is -0.113. The zero-order valence-electron chi connectivity index (χ0n) is 17.2. The van der Waals surface area contributed by atoms with Crippen molar-refractivity contribution in [3.05, 3.63) is 83.4 Å². The van der Waals surface area contributed by atoms with Crippen LogP contribution in [0.25, 0.3) is 0 Å². The highest BCUT2D eigenvalue weighted by molar-refractivity contribution is 7.92. The number of hydrogen-bond donors (Lipinski definition) is 1. The quantitative estimate of drug-likeness (QED) is 0.522. The normalized spacial score (nSPS) is 11.1. The average molecular weight is 459 g/mol. The summed E-state index contributed by atoms with van der Waals surface area (Å²) in [5, 5.41) is 3.16. The smallest absolute Gasteiger partial charge is 0.264 e. The van der Waals surface area contributed by atoms with Gasteiger partial charge in [0.05, 0.1) is 17.2 Å². The number of aryl methyl sites for hydroxylation is 1. The Bertz CT molecular complexity index is 1150. The molecule has 162 valence electrons. The van der Waals surface area contributed by atoms with Crippen LogP contribution in [0.1, 0.15) is 12.5 Å². The van der Waals surface area contributed by atoms with Crippen LogP contribution in [0.15, 0.2) is 77.7 Å². The number of halogens is 1. The molecule has 0 saturated carbocycles. The van der Waals surface area contributed by atoms with E-state index in [1.165, 1.54) is 24.3 Å². The van der Waals surface area contributed by atoms with Crippen LogP contribution in [0.5, 0.6) is 5.75 Å². The van der Waals surface area contributed by atoms with Crippen LogP contribution in [-0.4, -0.2) is 27.5 Å². The van der Waals surface area contributed by atoms with Gasteiger partial charge in [0.15, 0.2) is 0 Å². The Labute approximate surface area is 187 Å². The van der Waals surface area contributed by atoms with E-state index in [9.17, 15) is 13.2 Å². The fourth-order valence-electron chi connectivity index (χ4n) is 2.94. The maximum Gasteiger partial charge on any atom is 0.264 e. The first kappa shape index (κ1) is 22.7. The lowest BCUT2D eigenvalue weighted by Crippen LogP contribution is -2.38. The summed E-state index contributed by atoms with van der Waals surface area (Å²) in [6.45, 7) is 3.67. The lowest BCUT2D eigenvalue weighted by Gasteiger charge is -2.26. The number of para-hydroxylation sites is 2. The molecule has 0 heterocycles. The molecule has 1 N–H and O–H groups in total. The van der Waals surface area contributed by atoms with Crippen molar-refractivity contribution < 1.29 is 17.9 Å². The first-order chi connectivity index (χ1) is 14.8. The maximum atomic E-state index is 13.5. The van der Waals surface area contributed by atoms with E-state index >= 15 is 0 Å². The minimum Gasteiger partial charge on any atom is -0.492 e. The summed E-state index contributed by atoms with van der Waals surface area (Å²) in [5.41, 5.74) is 1.91. The van der Waals surface area contributed by atoms with Crippen LogP contribution < -0.4 is 14.4 Å². The molecule has 0 atom stereocenters. The molecular formula is C23H23ClN2O4S. The molecule has 0 aliphatic rings. The molecule has 1 amide bonds. The van der Waals surface area contributed by atoms with Gasteiger partial charge in [-0.2, -0.15) is 0 Å². The average Bonchev–Trinajstić information content (AvgIpc) is 2.75. The second-order valence-electron chi connectivity index (χ2n) is 6.78. The lowest BCUT2D eigenvalue weighted by atomic mass is 10.2. The Hall–Kier alpha value is -3.03. The van der Waals surface area contributed by atoms with Crippen molar-refractivity contribution in [1.29, 1.82) is 0 Å². The Morgan fingerprint density at radius 1 is 1.00 bits per heavy atom. The number of benzene rings is 3. The van der Waals surface area contributed by atoms with Crippen molar-refractivity contribution in [2.75, 3.05) is 22.8 Å². The van der Waals surface area contributed by atoms with E-state index in [-0.39, 0.29) is 10.6 Å². The fraction of sp³-hybridized carbons (Fsp3) is 0.174. The molecule has 0 saturated heterocycles. The third kappa shape index (κ3) is 5.57. The Morgan fingerprint density at radius 2 is 1.65 bits per heavy atom. The first-order valence-electron chi connectivity index (χ1n) is 9.68. The molecule has 6 nitrogen and oxygen atoms in total. The predicted molar refractivity (Wildman–Crippen MR) is 123 cm³/mol. The highest BCUT2D eigenvalue weighted by Crippen LogP contribution is 2.32. The van der Waals surface area contributed by atoms with E-state index in [1.54, 1.807) is 43.3 Å². The summed E-state index contributed by atoms with van der Waals surface area (Å²) < 4.78 is 33.6. The van der Waals surface area contributed by atoms with Crippen molar-refractivity contribution in [2.24, 2.45) is 0 Å². The molecule has 8 heteroatoms. The molecule has 0 aliphatic carbocycles. The van der Waals surface area contributed by atoms with Gasteiger partial charge in [-0.3, -0.25) is 9.10 Å². The zero-order chi connectivity index (χ0) is 22.4. The summed E-state index contributed by atoms with van der Waals surface area (Å²) >= 11 is 5.92. The number of amides is 1. The second-order valence-corrected chi connectivity index (χ2v) is 9.08. The molecule has 0 spiro atoms. The van der Waals surface area contributed by atoms with Crippen molar-refractivity contribution in [3.63, 3.8) is 0 Å². The van der Waals surface area contributed by atoms with Gasteiger partial charge in [-0.05, 0) is 62.4 Å². The summed E-state index contributed by atoms with van der Waals surface area (Å²) in [6.07, 6.45) is 0. The Morgan fingerprint density at radius 3 is 2.29 bits per heavy atom. The summed E-state index contributed by atoms with van der Waals surface area (Å²) in [7, 11) is -4.07. The minimum absolute atomic E-state index is 0.0198. The third-order valence-electron chi connectivity index (χ3n) is 4.46. The van der Waals surface area contributed by atoms with E-state index in [4.69, 9.17) is 16.3 Å². The van der Waals surface area contributed by atoms with Crippen molar-refractivity contribution in [1.82, 2.24) is 0 Å². The molecule has 31 heavy (non-hydrogen) atoms. The maximum absolute atomic E-state index is 13.5. The SMILES string of the molecule is CCOc1ccccc1N(CC(=O)Nc1ccc(C)cc1)S(=O)(=O)c1ccc(Cl)cc1. The number of ether oxygens (including phenoxy) is 1. The van der Waals surface area contributed by atoms with E-state index in [0.717, 1.165) is 9.87 Å². The molecule has 3 aromatic carbocycles. The van der Waals surface area contributed by atoms with Gasteiger partial charge in [0.1, 0.15) is 12.3 Å². The number of nitrogens with one attached hydrogen (secondary N) is 1. The number of carbonyl (C=O) groups excluding carboxylic acids is 1. The van der Waals surface area contributed by atoms with Crippen LogP contribution in [0.4, 0.5) is 11.4 Å². The fourth-order valence-corrected chi connectivity index (χ4v) is 4.50. The largest absolute Gasteiger partial charge is 0.492 e. The first-order valence-corrected chi connectivity index (χ1v) is 11.5. The number of rotatable bonds is 8. The standard InChI is InChI=1S/C23H23ClN2O4S/c1-3-30-22-7-5-4-6-21(22)26(31(28,29)20-14-10-18(24)11-15-20)16-23(27)25-19-12-8-17(2)9-13-19/h4-15H,3,16H2,1-2H3,(H,25,27). The monoisotopic (exact) mass is 458 g/mol. The highest BCUT2D eigenvalue weighted by Gasteiger charge is 2.29. The van der Waals surface area contributed by atoms with E-state index < -0.39 is 22.5 Å². The Balaban J connectivity index is 1.99. The summed E-state index contributed by atoms with van der Waals surface area (Å²) in [4.78, 5) is 12.8. The van der Waals surface area contributed by atoms with E-state index in [0.29, 0.717) is 23.1 Å². The third-order valence-corrected chi connectivity index (χ3v) is 6.48. The number of anilines is 2. The Kier molecular flexibility index (Phi) is 7.20. The molecular weight excluding hydrogens is 436 g/mol. The van der Waals surface area contributed by atoms with Crippen molar-refractivity contribution in [3.8, 4) is 5.75 Å². The molecule has 0 fully saturated rings. The topological polar surface area (TPSA) is 75.7 Å². The zero-order valence-corrected chi connectivity index (χ0v) is 18.8. The van der Waals surface area contributed by atoms with Gasteiger partial charge in [-0.25, -0.2) is 8.42 Å². The lowest BCUT2D eigenvalue weighted by molar-refractivity contribution is -0.114. The second kappa shape index (κ2) is 9.85. The van der Waals surface area contributed by atoms with Crippen molar-refractivity contribution in [2.45, 2.75) is 18.7 Å². The van der Waals surface area contributed by atoms with Gasteiger partial charge in [-0.1, -0.05) is 41.4 Å². The van der Waals surface area contributed by atoms with Crippen LogP contribution in [0, 0.1) is 6.92 Å². The predicted octanol–water partition coefficient (Wildman–Crippen LogP) is 4.88. The number of sulfonamides is 1. The van der Waals surface area contributed by atoms with Gasteiger partial charge < -0.3 is 10.1 Å². The molecule has 3 aromatic rings.